The van der Waals surface area contributed by atoms with Crippen LogP contribution >= 0.6 is 0 Å². The second kappa shape index (κ2) is 3.55. The van der Waals surface area contributed by atoms with Gasteiger partial charge >= 0.3 is 0 Å². The molecule has 0 saturated carbocycles. The van der Waals surface area contributed by atoms with Gasteiger partial charge in [0.1, 0.15) is 0 Å². The average Bonchev–Trinajstić information content (AvgIpc) is 2.26. The van der Waals surface area contributed by atoms with Gasteiger partial charge in [-0.1, -0.05) is 13.8 Å². The molecule has 0 aromatic rings. The molecule has 5 heteroatoms. The summed E-state index contributed by atoms with van der Waals surface area (Å²) < 4.78 is 22.6. The molecule has 1 aliphatic rings. The molecule has 0 amide bonds. The van der Waals surface area contributed by atoms with Crippen LogP contribution in [0.3, 0.4) is 0 Å². The quantitative estimate of drug-likeness (QED) is 0.653. The van der Waals surface area contributed by atoms with Crippen LogP contribution in [0.15, 0.2) is 0 Å². The third-order valence-electron chi connectivity index (χ3n) is 2.37. The molecule has 1 rings (SSSR count). The molecule has 0 aromatic carbocycles. The topological polar surface area (TPSA) is 72.2 Å². The van der Waals surface area contributed by atoms with E-state index in [1.54, 1.807) is 0 Å². The third-order valence-corrected chi connectivity index (χ3v) is 4.19. The minimum atomic E-state index is -2.85. The SMILES string of the molecule is CC(C)NC1(CN)CCS(=O)(=O)C1. The number of hydrogen-bond donors (Lipinski definition) is 2. The van der Waals surface area contributed by atoms with E-state index >= 15 is 0 Å². The van der Waals surface area contributed by atoms with Crippen molar-refractivity contribution in [3.63, 3.8) is 0 Å². The molecule has 1 heterocycles. The maximum absolute atomic E-state index is 11.3. The maximum atomic E-state index is 11.3. The highest BCUT2D eigenvalue weighted by Crippen LogP contribution is 2.22. The number of rotatable bonds is 3. The molecule has 0 spiro atoms. The van der Waals surface area contributed by atoms with E-state index in [0.717, 1.165) is 0 Å². The first-order chi connectivity index (χ1) is 5.89. The minimum absolute atomic E-state index is 0.189. The molecule has 0 aromatic heterocycles. The molecule has 0 aliphatic carbocycles. The van der Waals surface area contributed by atoms with Crippen molar-refractivity contribution in [1.29, 1.82) is 0 Å². The van der Waals surface area contributed by atoms with Crippen molar-refractivity contribution in [1.82, 2.24) is 5.32 Å². The molecule has 0 radical (unpaired) electrons. The minimum Gasteiger partial charge on any atom is -0.329 e. The standard InChI is InChI=1S/C8H18N2O2S/c1-7(2)10-8(5-9)3-4-13(11,12)6-8/h7,10H,3-6,9H2,1-2H3. The Morgan fingerprint density at radius 2 is 2.15 bits per heavy atom. The van der Waals surface area contributed by atoms with Gasteiger partial charge in [-0.05, 0) is 6.42 Å². The highest BCUT2D eigenvalue weighted by molar-refractivity contribution is 7.91. The Hall–Kier alpha value is -0.130. The molecule has 1 saturated heterocycles. The lowest BCUT2D eigenvalue weighted by atomic mass is 9.98. The van der Waals surface area contributed by atoms with Gasteiger partial charge < -0.3 is 11.1 Å². The first-order valence-electron chi connectivity index (χ1n) is 4.57. The number of nitrogens with two attached hydrogens (primary N) is 1. The predicted molar refractivity (Wildman–Crippen MR) is 53.3 cm³/mol. The molecule has 4 nitrogen and oxygen atoms in total. The second-order valence-corrected chi connectivity index (χ2v) is 6.31. The normalized spacial score (nSPS) is 32.6. The van der Waals surface area contributed by atoms with E-state index in [9.17, 15) is 8.42 Å². The van der Waals surface area contributed by atoms with Gasteiger partial charge in [-0.2, -0.15) is 0 Å². The van der Waals surface area contributed by atoms with Crippen LogP contribution < -0.4 is 11.1 Å². The summed E-state index contributed by atoms with van der Waals surface area (Å²) in [6.45, 7) is 4.40. The smallest absolute Gasteiger partial charge is 0.152 e. The Morgan fingerprint density at radius 1 is 1.54 bits per heavy atom. The van der Waals surface area contributed by atoms with E-state index in [-0.39, 0.29) is 23.1 Å². The van der Waals surface area contributed by atoms with Crippen LogP contribution in [-0.2, 0) is 9.84 Å². The largest absolute Gasteiger partial charge is 0.329 e. The van der Waals surface area contributed by atoms with Crippen molar-refractivity contribution in [2.45, 2.75) is 31.8 Å². The summed E-state index contributed by atoms with van der Waals surface area (Å²) in [5.74, 6) is 0.457. The Balaban J connectivity index is 2.74. The zero-order chi connectivity index (χ0) is 10.1. The van der Waals surface area contributed by atoms with Crippen LogP contribution in [0.1, 0.15) is 20.3 Å². The van der Waals surface area contributed by atoms with Gasteiger partial charge in [-0.15, -0.1) is 0 Å². The van der Waals surface area contributed by atoms with Crippen LogP contribution in [0.25, 0.3) is 0 Å². The van der Waals surface area contributed by atoms with E-state index < -0.39 is 9.84 Å². The Kier molecular flexibility index (Phi) is 2.99. The lowest BCUT2D eigenvalue weighted by molar-refractivity contribution is 0.341. The zero-order valence-electron chi connectivity index (χ0n) is 8.21. The summed E-state index contributed by atoms with van der Waals surface area (Å²) in [6, 6.07) is 0.275. The fourth-order valence-electron chi connectivity index (χ4n) is 1.86. The highest BCUT2D eigenvalue weighted by atomic mass is 32.2. The monoisotopic (exact) mass is 206 g/mol. The van der Waals surface area contributed by atoms with Crippen molar-refractivity contribution < 1.29 is 8.42 Å². The van der Waals surface area contributed by atoms with Gasteiger partial charge in [-0.25, -0.2) is 8.42 Å². The summed E-state index contributed by atoms with van der Waals surface area (Å²) in [7, 11) is -2.85. The molecule has 1 atom stereocenters. The van der Waals surface area contributed by atoms with Crippen LogP contribution in [-0.4, -0.2) is 38.0 Å². The first kappa shape index (κ1) is 10.9. The van der Waals surface area contributed by atoms with Gasteiger partial charge in [0.15, 0.2) is 9.84 Å². The van der Waals surface area contributed by atoms with Crippen LogP contribution in [0.4, 0.5) is 0 Å². The average molecular weight is 206 g/mol. The van der Waals surface area contributed by atoms with Crippen molar-refractivity contribution in [2.24, 2.45) is 5.73 Å². The van der Waals surface area contributed by atoms with Gasteiger partial charge in [0.25, 0.3) is 0 Å². The number of nitrogens with one attached hydrogen (secondary N) is 1. The summed E-state index contributed by atoms with van der Waals surface area (Å²) in [6.07, 6.45) is 0.643. The fourth-order valence-corrected chi connectivity index (χ4v) is 3.90. The van der Waals surface area contributed by atoms with Gasteiger partial charge in [-0.3, -0.25) is 0 Å². The molecule has 1 unspecified atom stereocenters. The third kappa shape index (κ3) is 2.65. The number of hydrogen-bond acceptors (Lipinski definition) is 4. The first-order valence-corrected chi connectivity index (χ1v) is 6.39. The summed E-state index contributed by atoms with van der Waals surface area (Å²) in [5, 5.41) is 3.26. The summed E-state index contributed by atoms with van der Waals surface area (Å²) >= 11 is 0. The zero-order valence-corrected chi connectivity index (χ0v) is 9.02. The maximum Gasteiger partial charge on any atom is 0.152 e. The van der Waals surface area contributed by atoms with Crippen molar-refractivity contribution in [2.75, 3.05) is 18.1 Å². The molecule has 3 N–H and O–H groups in total. The van der Waals surface area contributed by atoms with Gasteiger partial charge in [0.05, 0.1) is 11.5 Å². The molecule has 1 aliphatic heterocycles. The fraction of sp³-hybridized carbons (Fsp3) is 1.00. The molecular weight excluding hydrogens is 188 g/mol. The van der Waals surface area contributed by atoms with Crippen LogP contribution in [0.2, 0.25) is 0 Å². The Labute approximate surface area is 79.8 Å². The lowest BCUT2D eigenvalue weighted by Gasteiger charge is -2.29. The van der Waals surface area contributed by atoms with E-state index in [0.29, 0.717) is 13.0 Å². The molecule has 0 bridgehead atoms. The molecule has 1 fully saturated rings. The molecular formula is C8H18N2O2S. The Morgan fingerprint density at radius 3 is 2.46 bits per heavy atom. The van der Waals surface area contributed by atoms with Crippen molar-refractivity contribution in [3.05, 3.63) is 0 Å². The Bertz CT molecular complexity index is 274. The van der Waals surface area contributed by atoms with Gasteiger partial charge in [0, 0.05) is 18.1 Å². The van der Waals surface area contributed by atoms with E-state index in [4.69, 9.17) is 5.73 Å². The van der Waals surface area contributed by atoms with Crippen molar-refractivity contribution in [3.8, 4) is 0 Å². The van der Waals surface area contributed by atoms with E-state index in [1.807, 2.05) is 13.8 Å². The van der Waals surface area contributed by atoms with Crippen LogP contribution in [0, 0.1) is 0 Å². The molecule has 78 valence electrons. The summed E-state index contributed by atoms with van der Waals surface area (Å²) in [5.41, 5.74) is 5.24. The lowest BCUT2D eigenvalue weighted by Crippen LogP contribution is -2.54. The predicted octanol–water partition coefficient (Wildman–Crippen LogP) is -0.500. The molecule has 13 heavy (non-hydrogen) atoms. The van der Waals surface area contributed by atoms with Crippen molar-refractivity contribution >= 4 is 9.84 Å². The summed E-state index contributed by atoms with van der Waals surface area (Å²) in [4.78, 5) is 0. The van der Waals surface area contributed by atoms with Crippen LogP contribution in [0.5, 0.6) is 0 Å². The van der Waals surface area contributed by atoms with Gasteiger partial charge in [0.2, 0.25) is 0 Å². The number of sulfone groups is 1. The highest BCUT2D eigenvalue weighted by Gasteiger charge is 2.41. The van der Waals surface area contributed by atoms with E-state index in [2.05, 4.69) is 5.32 Å². The second-order valence-electron chi connectivity index (χ2n) is 4.13. The van der Waals surface area contributed by atoms with E-state index in [1.165, 1.54) is 0 Å².